The van der Waals surface area contributed by atoms with Crippen molar-refractivity contribution in [2.45, 2.75) is 20.3 Å². The zero-order valence-electron chi connectivity index (χ0n) is 16.1. The minimum Gasteiger partial charge on any atom is -0.384 e. The molecule has 7 nitrogen and oxygen atoms in total. The highest BCUT2D eigenvalue weighted by atomic mass is 16.2. The summed E-state index contributed by atoms with van der Waals surface area (Å²) in [4.78, 5) is 32.1. The van der Waals surface area contributed by atoms with Gasteiger partial charge in [0, 0.05) is 45.0 Å². The Balaban J connectivity index is 1.34. The van der Waals surface area contributed by atoms with E-state index in [0.29, 0.717) is 30.1 Å². The van der Waals surface area contributed by atoms with Crippen LogP contribution in [-0.4, -0.2) is 59.4 Å². The van der Waals surface area contributed by atoms with Crippen LogP contribution >= 0.6 is 0 Å². The van der Waals surface area contributed by atoms with Gasteiger partial charge in [-0.3, -0.25) is 4.79 Å². The summed E-state index contributed by atoms with van der Waals surface area (Å²) >= 11 is 0. The lowest BCUT2D eigenvalue weighted by atomic mass is 10.2. The number of nitrogens with two attached hydrogens (primary N) is 1. The first kappa shape index (κ1) is 19.2. The molecule has 7 heteroatoms. The number of nitrogen functional groups attached to an aromatic ring is 1. The van der Waals surface area contributed by atoms with Crippen LogP contribution in [0.5, 0.6) is 0 Å². The maximum absolute atomic E-state index is 12.4. The number of piperidine rings is 1. The van der Waals surface area contributed by atoms with Crippen molar-refractivity contribution < 1.29 is 9.59 Å². The molecule has 0 bridgehead atoms. The number of fused-ring (bicyclic) bond motifs is 1. The lowest BCUT2D eigenvalue weighted by molar-refractivity contribution is -0.116. The van der Waals surface area contributed by atoms with E-state index in [0.717, 1.165) is 38.2 Å². The van der Waals surface area contributed by atoms with E-state index in [1.807, 2.05) is 29.7 Å². The molecule has 2 fully saturated rings. The lowest BCUT2D eigenvalue weighted by Gasteiger charge is -2.27. The Morgan fingerprint density at radius 2 is 2.00 bits per heavy atom. The summed E-state index contributed by atoms with van der Waals surface area (Å²) in [7, 11) is 0. The number of rotatable bonds is 7. The number of carbonyl (C=O) groups excluding carboxylic acids is 2. The predicted molar refractivity (Wildman–Crippen MR) is 106 cm³/mol. The highest BCUT2D eigenvalue weighted by Gasteiger charge is 2.56. The molecule has 27 heavy (non-hydrogen) atoms. The van der Waals surface area contributed by atoms with Crippen molar-refractivity contribution in [1.29, 1.82) is 0 Å². The molecule has 2 aliphatic rings. The normalized spacial score (nSPS) is 23.3. The molecule has 0 radical (unpaired) electrons. The molecule has 146 valence electrons. The van der Waals surface area contributed by atoms with Crippen LogP contribution in [0.3, 0.4) is 0 Å². The number of amides is 3. The van der Waals surface area contributed by atoms with Gasteiger partial charge in [-0.05, 0) is 61.8 Å². The smallest absolute Gasteiger partial charge is 0.319 e. The minimum absolute atomic E-state index is 0.101. The van der Waals surface area contributed by atoms with Gasteiger partial charge in [0.15, 0.2) is 0 Å². The third-order valence-electron chi connectivity index (χ3n) is 5.69. The highest BCUT2D eigenvalue weighted by Crippen LogP contribution is 2.53. The number of carbonyl (C=O) groups is 2. The van der Waals surface area contributed by atoms with Gasteiger partial charge in [-0.25, -0.2) is 9.78 Å². The van der Waals surface area contributed by atoms with Crippen molar-refractivity contribution in [3.8, 4) is 0 Å². The molecule has 3 rings (SSSR count). The molecule has 3 N–H and O–H groups in total. The second-order valence-electron chi connectivity index (χ2n) is 7.28. The van der Waals surface area contributed by atoms with Crippen LogP contribution < -0.4 is 11.1 Å². The standard InChI is InChI=1S/C20H29N5O2/c1-3-24(4-2)20(27)25-12-16-15(17(16)13-25)9-10-22-19(26)8-6-14-5-7-18(21)23-11-14/h5-8,11,15-17H,3-4,9-10,12-13H2,1-2H3,(H2,21,23)(H,22,26)/b8-6+. The molecule has 1 aliphatic carbocycles. The van der Waals surface area contributed by atoms with E-state index in [9.17, 15) is 9.59 Å². The molecule has 0 spiro atoms. The molecule has 3 amide bonds. The summed E-state index contributed by atoms with van der Waals surface area (Å²) in [5.74, 6) is 2.21. The summed E-state index contributed by atoms with van der Waals surface area (Å²) < 4.78 is 0. The van der Waals surface area contributed by atoms with Gasteiger partial charge in [-0.15, -0.1) is 0 Å². The molecule has 2 atom stereocenters. The first-order chi connectivity index (χ1) is 13.0. The molecule has 1 saturated heterocycles. The fourth-order valence-corrected chi connectivity index (χ4v) is 4.04. The SMILES string of the molecule is CCN(CC)C(=O)N1CC2C(CCNC(=O)/C=C/c3ccc(N)nc3)C2C1. The third kappa shape index (κ3) is 4.59. The molecule has 1 saturated carbocycles. The fraction of sp³-hybridized carbons (Fsp3) is 0.550. The van der Waals surface area contributed by atoms with Crippen molar-refractivity contribution in [2.75, 3.05) is 38.5 Å². The van der Waals surface area contributed by atoms with E-state index in [-0.39, 0.29) is 11.9 Å². The predicted octanol–water partition coefficient (Wildman–Crippen LogP) is 1.82. The average Bonchev–Trinajstić information content (AvgIpc) is 3.11. The molecular weight excluding hydrogens is 342 g/mol. The summed E-state index contributed by atoms with van der Waals surface area (Å²) in [5, 5.41) is 2.94. The fourth-order valence-electron chi connectivity index (χ4n) is 4.04. The molecular formula is C20H29N5O2. The van der Waals surface area contributed by atoms with Crippen molar-refractivity contribution in [3.05, 3.63) is 30.0 Å². The zero-order valence-corrected chi connectivity index (χ0v) is 16.1. The van der Waals surface area contributed by atoms with Gasteiger partial charge in [0.1, 0.15) is 5.82 Å². The van der Waals surface area contributed by atoms with E-state index < -0.39 is 0 Å². The first-order valence-corrected chi connectivity index (χ1v) is 9.74. The molecule has 0 aromatic carbocycles. The van der Waals surface area contributed by atoms with E-state index in [1.165, 1.54) is 6.08 Å². The van der Waals surface area contributed by atoms with Crippen LogP contribution in [0.4, 0.5) is 10.6 Å². The van der Waals surface area contributed by atoms with Gasteiger partial charge in [0.25, 0.3) is 0 Å². The Morgan fingerprint density at radius 3 is 2.59 bits per heavy atom. The van der Waals surface area contributed by atoms with Gasteiger partial charge in [0.2, 0.25) is 5.91 Å². The number of nitrogens with zero attached hydrogens (tertiary/aromatic N) is 3. The van der Waals surface area contributed by atoms with Crippen LogP contribution in [0.15, 0.2) is 24.4 Å². The van der Waals surface area contributed by atoms with Gasteiger partial charge in [-0.2, -0.15) is 0 Å². The van der Waals surface area contributed by atoms with Gasteiger partial charge in [-0.1, -0.05) is 0 Å². The second-order valence-corrected chi connectivity index (χ2v) is 7.28. The minimum atomic E-state index is -0.101. The molecule has 2 unspecified atom stereocenters. The maximum atomic E-state index is 12.4. The van der Waals surface area contributed by atoms with E-state index in [1.54, 1.807) is 18.3 Å². The van der Waals surface area contributed by atoms with Crippen LogP contribution in [0.2, 0.25) is 0 Å². The van der Waals surface area contributed by atoms with Crippen molar-refractivity contribution in [3.63, 3.8) is 0 Å². The van der Waals surface area contributed by atoms with Crippen molar-refractivity contribution >= 4 is 23.8 Å². The van der Waals surface area contributed by atoms with E-state index in [4.69, 9.17) is 5.73 Å². The lowest BCUT2D eigenvalue weighted by Crippen LogP contribution is -2.43. The number of anilines is 1. The Labute approximate surface area is 160 Å². The van der Waals surface area contributed by atoms with Crippen molar-refractivity contribution in [2.24, 2.45) is 17.8 Å². The van der Waals surface area contributed by atoms with Gasteiger partial charge in [0.05, 0.1) is 0 Å². The summed E-state index contributed by atoms with van der Waals surface area (Å²) in [6.45, 7) is 7.95. The summed E-state index contributed by atoms with van der Waals surface area (Å²) in [6, 6.07) is 3.70. The molecule has 1 aliphatic heterocycles. The Hall–Kier alpha value is -2.57. The molecule has 1 aromatic heterocycles. The Kier molecular flexibility index (Phi) is 5.98. The number of hydrogen-bond donors (Lipinski definition) is 2. The number of urea groups is 1. The van der Waals surface area contributed by atoms with Gasteiger partial charge < -0.3 is 20.9 Å². The van der Waals surface area contributed by atoms with Gasteiger partial charge >= 0.3 is 6.03 Å². The molecule has 2 heterocycles. The molecule has 1 aromatic rings. The Morgan fingerprint density at radius 1 is 1.30 bits per heavy atom. The Bertz CT molecular complexity index is 687. The summed E-state index contributed by atoms with van der Waals surface area (Å²) in [6.07, 6.45) is 5.86. The summed E-state index contributed by atoms with van der Waals surface area (Å²) in [5.41, 5.74) is 6.38. The number of aromatic nitrogens is 1. The highest BCUT2D eigenvalue weighted by molar-refractivity contribution is 5.91. The second kappa shape index (κ2) is 8.41. The largest absolute Gasteiger partial charge is 0.384 e. The van der Waals surface area contributed by atoms with E-state index in [2.05, 4.69) is 10.3 Å². The van der Waals surface area contributed by atoms with Crippen LogP contribution in [0.25, 0.3) is 6.08 Å². The monoisotopic (exact) mass is 371 g/mol. The quantitative estimate of drug-likeness (QED) is 0.715. The number of hydrogen-bond acceptors (Lipinski definition) is 4. The number of nitrogens with one attached hydrogen (secondary N) is 1. The average molecular weight is 371 g/mol. The van der Waals surface area contributed by atoms with E-state index >= 15 is 0 Å². The topological polar surface area (TPSA) is 91.6 Å². The van der Waals surface area contributed by atoms with Crippen LogP contribution in [0.1, 0.15) is 25.8 Å². The number of likely N-dealkylation sites (tertiary alicyclic amines) is 1. The van der Waals surface area contributed by atoms with Crippen LogP contribution in [0, 0.1) is 17.8 Å². The third-order valence-corrected chi connectivity index (χ3v) is 5.69. The van der Waals surface area contributed by atoms with Crippen LogP contribution in [-0.2, 0) is 4.79 Å². The van der Waals surface area contributed by atoms with Crippen molar-refractivity contribution in [1.82, 2.24) is 20.1 Å². The maximum Gasteiger partial charge on any atom is 0.319 e. The number of pyridine rings is 1. The zero-order chi connectivity index (χ0) is 19.4. The first-order valence-electron chi connectivity index (χ1n) is 9.74.